The molecule has 0 aliphatic carbocycles. The second kappa shape index (κ2) is 71.6. The molecule has 0 rings (SSSR count). The molecule has 0 amide bonds. The highest BCUT2D eigenvalue weighted by molar-refractivity contribution is 5.71. The van der Waals surface area contributed by atoms with Crippen LogP contribution in [0.15, 0.2) is 60.8 Å². The van der Waals surface area contributed by atoms with Crippen molar-refractivity contribution in [2.75, 3.05) is 13.2 Å². The zero-order valence-electron chi connectivity index (χ0n) is 55.7. The predicted octanol–water partition coefficient (Wildman–Crippen LogP) is 25.5. The number of allylic oxidation sites excluding steroid dienone is 10. The van der Waals surface area contributed by atoms with Gasteiger partial charge in [0.15, 0.2) is 6.10 Å². The van der Waals surface area contributed by atoms with Crippen LogP contribution in [0.25, 0.3) is 0 Å². The third kappa shape index (κ3) is 69.8. The lowest BCUT2D eigenvalue weighted by molar-refractivity contribution is -0.167. The summed E-state index contributed by atoms with van der Waals surface area (Å²) >= 11 is 0. The van der Waals surface area contributed by atoms with Gasteiger partial charge in [-0.25, -0.2) is 0 Å². The van der Waals surface area contributed by atoms with Gasteiger partial charge in [-0.05, 0) is 103 Å². The fourth-order valence-electron chi connectivity index (χ4n) is 10.9. The first-order valence-electron chi connectivity index (χ1n) is 36.8. The molecule has 0 radical (unpaired) electrons. The van der Waals surface area contributed by atoms with E-state index in [0.717, 1.165) is 77.0 Å². The maximum Gasteiger partial charge on any atom is 0.306 e. The molecule has 0 spiro atoms. The summed E-state index contributed by atoms with van der Waals surface area (Å²) in [7, 11) is 0. The van der Waals surface area contributed by atoms with Gasteiger partial charge in [0.05, 0.1) is 0 Å². The van der Waals surface area contributed by atoms with E-state index >= 15 is 0 Å². The summed E-state index contributed by atoms with van der Waals surface area (Å²) in [5.74, 6) is -0.866. The Morgan fingerprint density at radius 1 is 0.241 bits per heavy atom. The molecule has 6 nitrogen and oxygen atoms in total. The minimum Gasteiger partial charge on any atom is -0.462 e. The van der Waals surface area contributed by atoms with Crippen molar-refractivity contribution in [1.29, 1.82) is 0 Å². The summed E-state index contributed by atoms with van der Waals surface area (Å²) in [6.07, 6.45) is 92.7. The fraction of sp³-hybridized carbons (Fsp3) is 0.831. The smallest absolute Gasteiger partial charge is 0.306 e. The van der Waals surface area contributed by atoms with Crippen molar-refractivity contribution in [1.82, 2.24) is 0 Å². The van der Waals surface area contributed by atoms with Gasteiger partial charge in [-0.15, -0.1) is 0 Å². The van der Waals surface area contributed by atoms with Crippen LogP contribution in [-0.4, -0.2) is 37.2 Å². The van der Waals surface area contributed by atoms with Crippen molar-refractivity contribution in [2.45, 2.75) is 399 Å². The first-order valence-corrected chi connectivity index (χ1v) is 36.8. The second-order valence-corrected chi connectivity index (χ2v) is 24.8. The lowest BCUT2D eigenvalue weighted by Gasteiger charge is -2.18. The minimum absolute atomic E-state index is 0.0745. The third-order valence-electron chi connectivity index (χ3n) is 16.5. The molecule has 0 aromatic heterocycles. The molecule has 484 valence electrons. The van der Waals surface area contributed by atoms with Crippen molar-refractivity contribution in [3.8, 4) is 0 Å². The summed E-state index contributed by atoms with van der Waals surface area (Å²) in [6, 6.07) is 0. The normalized spacial score (nSPS) is 12.4. The lowest BCUT2D eigenvalue weighted by Crippen LogP contribution is -2.30. The van der Waals surface area contributed by atoms with Crippen LogP contribution in [0.4, 0.5) is 0 Å². The van der Waals surface area contributed by atoms with Crippen LogP contribution in [0.5, 0.6) is 0 Å². The first-order chi connectivity index (χ1) is 41.0. The Hall–Kier alpha value is -2.89. The van der Waals surface area contributed by atoms with Crippen molar-refractivity contribution < 1.29 is 28.6 Å². The number of unbranched alkanes of at least 4 members (excludes halogenated alkanes) is 47. The number of carbonyl (C=O) groups excluding carboxylic acids is 3. The molecule has 0 saturated carbocycles. The van der Waals surface area contributed by atoms with Crippen LogP contribution in [-0.2, 0) is 28.6 Å². The van der Waals surface area contributed by atoms with Gasteiger partial charge in [-0.1, -0.05) is 332 Å². The summed E-state index contributed by atoms with van der Waals surface area (Å²) in [4.78, 5) is 38.4. The van der Waals surface area contributed by atoms with Crippen molar-refractivity contribution in [3.63, 3.8) is 0 Å². The van der Waals surface area contributed by atoms with Crippen molar-refractivity contribution in [2.24, 2.45) is 0 Å². The molecular formula is C77H140O6. The number of carbonyl (C=O) groups is 3. The molecule has 6 heteroatoms. The Kier molecular flexibility index (Phi) is 69.1. The van der Waals surface area contributed by atoms with Gasteiger partial charge in [0.1, 0.15) is 13.2 Å². The van der Waals surface area contributed by atoms with Crippen LogP contribution >= 0.6 is 0 Å². The topological polar surface area (TPSA) is 78.9 Å². The Balaban J connectivity index is 4.11. The molecule has 1 atom stereocenters. The fourth-order valence-corrected chi connectivity index (χ4v) is 10.9. The van der Waals surface area contributed by atoms with E-state index in [2.05, 4.69) is 81.5 Å². The van der Waals surface area contributed by atoms with Gasteiger partial charge >= 0.3 is 17.9 Å². The largest absolute Gasteiger partial charge is 0.462 e. The minimum atomic E-state index is -0.779. The molecule has 0 aliphatic heterocycles. The standard InChI is InChI=1S/C77H140O6/c1-4-7-10-13-16-19-22-24-26-28-30-32-33-34-35-36-37-38-39-40-41-42-43-45-46-48-50-52-55-58-61-64-67-70-76(79)82-73-74(72-81-75(78)69-66-63-60-57-54-21-18-15-12-9-6-3)83-77(80)71-68-65-62-59-56-53-51-49-47-44-31-29-27-25-23-20-17-14-11-8-5-2/h15,18,22-25,28-31,74H,4-14,16-17,19-21,26-27,32-73H2,1-3H3/b18-15-,24-22-,25-23-,30-28-,31-29-. The molecule has 1 unspecified atom stereocenters. The molecular weight excluding hydrogens is 1020 g/mol. The molecule has 0 bridgehead atoms. The van der Waals surface area contributed by atoms with E-state index in [4.69, 9.17) is 14.2 Å². The van der Waals surface area contributed by atoms with E-state index in [0.29, 0.717) is 19.3 Å². The number of hydrogen-bond acceptors (Lipinski definition) is 6. The Morgan fingerprint density at radius 3 is 0.711 bits per heavy atom. The van der Waals surface area contributed by atoms with Gasteiger partial charge in [-0.3, -0.25) is 14.4 Å². The van der Waals surface area contributed by atoms with Crippen molar-refractivity contribution >= 4 is 17.9 Å². The zero-order valence-corrected chi connectivity index (χ0v) is 55.7. The van der Waals surface area contributed by atoms with Crippen LogP contribution in [0.2, 0.25) is 0 Å². The first kappa shape index (κ1) is 80.1. The molecule has 0 N–H and O–H groups in total. The van der Waals surface area contributed by atoms with Gasteiger partial charge < -0.3 is 14.2 Å². The van der Waals surface area contributed by atoms with Crippen molar-refractivity contribution in [3.05, 3.63) is 60.8 Å². The lowest BCUT2D eigenvalue weighted by atomic mass is 10.0. The third-order valence-corrected chi connectivity index (χ3v) is 16.5. The molecule has 0 aromatic rings. The second-order valence-electron chi connectivity index (χ2n) is 24.8. The Bertz CT molecular complexity index is 1470. The highest BCUT2D eigenvalue weighted by Gasteiger charge is 2.19. The van der Waals surface area contributed by atoms with Gasteiger partial charge in [0, 0.05) is 19.3 Å². The van der Waals surface area contributed by atoms with E-state index in [1.54, 1.807) is 0 Å². The molecule has 83 heavy (non-hydrogen) atoms. The van der Waals surface area contributed by atoms with Gasteiger partial charge in [0.2, 0.25) is 0 Å². The SMILES string of the molecule is CCCC/C=C\CCCCCCCC(=O)OCC(COC(=O)CCCCCCCCCCCCCCCCCCCCCCC/C=C\C/C=C\CCCCCCC)OC(=O)CCCCCCCCCCC/C=C\C/C=C\CCCCCCC. The Labute approximate surface area is 517 Å². The van der Waals surface area contributed by atoms with Crippen LogP contribution in [0.1, 0.15) is 393 Å². The quantitative estimate of drug-likeness (QED) is 0.0261. The summed E-state index contributed by atoms with van der Waals surface area (Å²) in [5, 5.41) is 0. The van der Waals surface area contributed by atoms with E-state index in [-0.39, 0.29) is 31.1 Å². The molecule has 0 aliphatic rings. The molecule has 0 heterocycles. The summed E-state index contributed by atoms with van der Waals surface area (Å²) in [5.41, 5.74) is 0. The number of esters is 3. The van der Waals surface area contributed by atoms with Crippen LogP contribution in [0, 0.1) is 0 Å². The van der Waals surface area contributed by atoms with E-state index in [1.807, 2.05) is 0 Å². The highest BCUT2D eigenvalue weighted by Crippen LogP contribution is 2.18. The highest BCUT2D eigenvalue weighted by atomic mass is 16.6. The van der Waals surface area contributed by atoms with Crippen LogP contribution in [0.3, 0.4) is 0 Å². The summed E-state index contributed by atoms with van der Waals surface area (Å²) in [6.45, 7) is 6.63. The van der Waals surface area contributed by atoms with Gasteiger partial charge in [-0.2, -0.15) is 0 Å². The molecule has 0 aromatic carbocycles. The van der Waals surface area contributed by atoms with E-state index in [9.17, 15) is 14.4 Å². The monoisotopic (exact) mass is 1160 g/mol. The van der Waals surface area contributed by atoms with E-state index < -0.39 is 6.10 Å². The summed E-state index contributed by atoms with van der Waals surface area (Å²) < 4.78 is 17.0. The predicted molar refractivity (Wildman–Crippen MR) is 362 cm³/mol. The van der Waals surface area contributed by atoms with Crippen LogP contribution < -0.4 is 0 Å². The maximum absolute atomic E-state index is 12.9. The Morgan fingerprint density at radius 2 is 0.446 bits per heavy atom. The number of rotatable bonds is 68. The number of ether oxygens (including phenoxy) is 3. The molecule has 0 fully saturated rings. The average molecular weight is 1160 g/mol. The zero-order chi connectivity index (χ0) is 59.9. The van der Waals surface area contributed by atoms with Gasteiger partial charge in [0.25, 0.3) is 0 Å². The van der Waals surface area contributed by atoms with E-state index in [1.165, 1.54) is 276 Å². The maximum atomic E-state index is 12.9. The average Bonchev–Trinajstić information content (AvgIpc) is 3.48. The number of hydrogen-bond donors (Lipinski definition) is 0. The molecule has 0 saturated heterocycles.